The molecule has 0 spiro atoms. The zero-order chi connectivity index (χ0) is 19.2. The lowest BCUT2D eigenvalue weighted by Gasteiger charge is -2.33. The zero-order valence-corrected chi connectivity index (χ0v) is 16.5. The number of benzene rings is 1. The Morgan fingerprint density at radius 1 is 1.37 bits per heavy atom. The van der Waals surface area contributed by atoms with Gasteiger partial charge in [0.15, 0.2) is 0 Å². The maximum absolute atomic E-state index is 12.9. The molecule has 1 aromatic heterocycles. The number of nitrogens with zero attached hydrogens (tertiary/aromatic N) is 3. The topological polar surface area (TPSA) is 59.4 Å². The van der Waals surface area contributed by atoms with Crippen molar-refractivity contribution in [1.82, 2.24) is 14.5 Å². The third kappa shape index (κ3) is 4.69. The number of aromatic nitrogens is 2. The van der Waals surface area contributed by atoms with Gasteiger partial charge in [0.25, 0.3) is 0 Å². The van der Waals surface area contributed by atoms with E-state index < -0.39 is 0 Å². The van der Waals surface area contributed by atoms with Gasteiger partial charge < -0.3 is 19.5 Å². The highest BCUT2D eigenvalue weighted by molar-refractivity contribution is 5.90. The number of likely N-dealkylation sites (tertiary alicyclic amines) is 1. The Morgan fingerprint density at radius 3 is 2.96 bits per heavy atom. The number of nitrogens with one attached hydrogen (secondary N) is 1. The number of hydrogen-bond donors (Lipinski definition) is 1. The largest absolute Gasteiger partial charge is 0.383 e. The van der Waals surface area contributed by atoms with E-state index >= 15 is 0 Å². The van der Waals surface area contributed by atoms with Crippen LogP contribution in [0.15, 0.2) is 36.7 Å². The van der Waals surface area contributed by atoms with Crippen LogP contribution in [0.4, 0.5) is 10.5 Å². The molecule has 1 saturated heterocycles. The van der Waals surface area contributed by atoms with Gasteiger partial charge in [-0.05, 0) is 30.4 Å². The Bertz CT molecular complexity index is 756. The highest BCUT2D eigenvalue weighted by Crippen LogP contribution is 2.28. The summed E-state index contributed by atoms with van der Waals surface area (Å²) in [6.07, 6.45) is 5.87. The first-order chi connectivity index (χ1) is 13.1. The fraction of sp³-hybridized carbons (Fsp3) is 0.524. The number of ether oxygens (including phenoxy) is 1. The first-order valence-corrected chi connectivity index (χ1v) is 9.75. The summed E-state index contributed by atoms with van der Waals surface area (Å²) in [5, 5.41) is 3.12. The van der Waals surface area contributed by atoms with E-state index in [2.05, 4.69) is 34.8 Å². The van der Waals surface area contributed by atoms with E-state index in [1.54, 1.807) is 7.11 Å². The Labute approximate surface area is 161 Å². The van der Waals surface area contributed by atoms with E-state index in [0.717, 1.165) is 43.0 Å². The number of methoxy groups -OCH3 is 1. The molecule has 146 valence electrons. The number of piperidine rings is 1. The van der Waals surface area contributed by atoms with Gasteiger partial charge >= 0.3 is 6.03 Å². The molecule has 27 heavy (non-hydrogen) atoms. The molecule has 1 atom stereocenters. The lowest BCUT2D eigenvalue weighted by atomic mass is 9.97. The summed E-state index contributed by atoms with van der Waals surface area (Å²) in [7, 11) is 1.71. The van der Waals surface area contributed by atoms with Crippen LogP contribution in [0.3, 0.4) is 0 Å². The second-order valence-electron chi connectivity index (χ2n) is 7.43. The molecule has 0 bridgehead atoms. The van der Waals surface area contributed by atoms with Crippen molar-refractivity contribution in [2.24, 2.45) is 0 Å². The molecule has 2 aromatic rings. The molecule has 1 aliphatic heterocycles. The summed E-state index contributed by atoms with van der Waals surface area (Å²) in [4.78, 5) is 19.4. The Hall–Kier alpha value is -2.34. The van der Waals surface area contributed by atoms with E-state index in [9.17, 15) is 4.79 Å². The number of urea groups is 1. The normalized spacial score (nSPS) is 17.3. The SMILES string of the molecule is COCCn1ccnc1[C@H]1CCCN(C(=O)Nc2ccccc2C(C)C)C1. The average Bonchev–Trinajstić information content (AvgIpc) is 3.15. The van der Waals surface area contributed by atoms with Crippen LogP contribution in [0.25, 0.3) is 0 Å². The van der Waals surface area contributed by atoms with Crippen molar-refractivity contribution in [3.05, 3.63) is 48.0 Å². The molecule has 2 amide bonds. The van der Waals surface area contributed by atoms with Crippen molar-refractivity contribution >= 4 is 11.7 Å². The minimum absolute atomic E-state index is 0.0252. The van der Waals surface area contributed by atoms with E-state index in [4.69, 9.17) is 4.74 Å². The van der Waals surface area contributed by atoms with Gasteiger partial charge in [0, 0.05) is 50.7 Å². The summed E-state index contributed by atoms with van der Waals surface area (Å²) in [6, 6.07) is 8.01. The third-order valence-corrected chi connectivity index (χ3v) is 5.18. The summed E-state index contributed by atoms with van der Waals surface area (Å²) >= 11 is 0. The van der Waals surface area contributed by atoms with Crippen molar-refractivity contribution < 1.29 is 9.53 Å². The van der Waals surface area contributed by atoms with Crippen molar-refractivity contribution in [3.63, 3.8) is 0 Å². The van der Waals surface area contributed by atoms with E-state index in [-0.39, 0.29) is 11.9 Å². The molecule has 1 aromatic carbocycles. The minimum atomic E-state index is -0.0252. The fourth-order valence-electron chi connectivity index (χ4n) is 3.74. The summed E-state index contributed by atoms with van der Waals surface area (Å²) < 4.78 is 7.33. The second-order valence-corrected chi connectivity index (χ2v) is 7.43. The number of carbonyl (C=O) groups excluding carboxylic acids is 1. The van der Waals surface area contributed by atoms with Gasteiger partial charge in [-0.25, -0.2) is 9.78 Å². The first kappa shape index (κ1) is 19.4. The first-order valence-electron chi connectivity index (χ1n) is 9.75. The average molecular weight is 370 g/mol. The number of carbonyl (C=O) groups is 1. The van der Waals surface area contributed by atoms with Crippen molar-refractivity contribution in [2.75, 3.05) is 32.1 Å². The molecule has 3 rings (SSSR count). The maximum atomic E-state index is 12.9. The molecule has 0 radical (unpaired) electrons. The Morgan fingerprint density at radius 2 is 2.19 bits per heavy atom. The van der Waals surface area contributed by atoms with Crippen LogP contribution in [0.1, 0.15) is 49.9 Å². The highest BCUT2D eigenvalue weighted by atomic mass is 16.5. The van der Waals surface area contributed by atoms with E-state index in [1.807, 2.05) is 35.5 Å². The molecule has 1 N–H and O–H groups in total. The van der Waals surface area contributed by atoms with Crippen LogP contribution in [-0.4, -0.2) is 47.3 Å². The van der Waals surface area contributed by atoms with Crippen molar-refractivity contribution in [1.29, 1.82) is 0 Å². The predicted molar refractivity (Wildman–Crippen MR) is 107 cm³/mol. The minimum Gasteiger partial charge on any atom is -0.383 e. The highest BCUT2D eigenvalue weighted by Gasteiger charge is 2.27. The summed E-state index contributed by atoms with van der Waals surface area (Å²) in [5.41, 5.74) is 2.07. The quantitative estimate of drug-likeness (QED) is 0.834. The molecule has 0 saturated carbocycles. The molecule has 0 unspecified atom stereocenters. The van der Waals surface area contributed by atoms with Crippen LogP contribution in [-0.2, 0) is 11.3 Å². The van der Waals surface area contributed by atoms with Gasteiger partial charge in [0.2, 0.25) is 0 Å². The number of para-hydroxylation sites is 1. The van der Waals surface area contributed by atoms with Crippen molar-refractivity contribution in [3.8, 4) is 0 Å². The molecule has 1 fully saturated rings. The molecule has 0 aliphatic carbocycles. The summed E-state index contributed by atoms with van der Waals surface area (Å²) in [6.45, 7) is 7.21. The van der Waals surface area contributed by atoms with Crippen LogP contribution in [0.2, 0.25) is 0 Å². The van der Waals surface area contributed by atoms with Crippen LogP contribution in [0.5, 0.6) is 0 Å². The molecule has 6 heteroatoms. The zero-order valence-electron chi connectivity index (χ0n) is 16.5. The Kier molecular flexibility index (Phi) is 6.50. The van der Waals surface area contributed by atoms with Crippen LogP contribution >= 0.6 is 0 Å². The molecule has 2 heterocycles. The number of rotatable bonds is 6. The van der Waals surface area contributed by atoms with Gasteiger partial charge in [-0.3, -0.25) is 0 Å². The van der Waals surface area contributed by atoms with Crippen molar-refractivity contribution in [2.45, 2.75) is 45.1 Å². The third-order valence-electron chi connectivity index (χ3n) is 5.18. The fourth-order valence-corrected chi connectivity index (χ4v) is 3.74. The Balaban J connectivity index is 1.68. The number of amides is 2. The number of anilines is 1. The standard InChI is InChI=1S/C21H30N4O2/c1-16(2)18-8-4-5-9-19(18)23-21(26)25-11-6-7-17(15-25)20-22-10-12-24(20)13-14-27-3/h4-5,8-10,12,16-17H,6-7,11,13-15H2,1-3H3,(H,23,26)/t17-/m0/s1. The lowest BCUT2D eigenvalue weighted by molar-refractivity contribution is 0.179. The van der Waals surface area contributed by atoms with Gasteiger partial charge in [-0.15, -0.1) is 0 Å². The second kappa shape index (κ2) is 9.04. The lowest BCUT2D eigenvalue weighted by Crippen LogP contribution is -2.42. The van der Waals surface area contributed by atoms with E-state index in [1.165, 1.54) is 0 Å². The predicted octanol–water partition coefficient (Wildman–Crippen LogP) is 4.06. The van der Waals surface area contributed by atoms with E-state index in [0.29, 0.717) is 19.1 Å². The maximum Gasteiger partial charge on any atom is 0.321 e. The van der Waals surface area contributed by atoms with Crippen LogP contribution in [0, 0.1) is 0 Å². The van der Waals surface area contributed by atoms with Gasteiger partial charge in [0.1, 0.15) is 5.82 Å². The van der Waals surface area contributed by atoms with Gasteiger partial charge in [-0.1, -0.05) is 32.0 Å². The molecule has 1 aliphatic rings. The smallest absolute Gasteiger partial charge is 0.321 e. The summed E-state index contributed by atoms with van der Waals surface area (Å²) in [5.74, 6) is 1.67. The van der Waals surface area contributed by atoms with Gasteiger partial charge in [0.05, 0.1) is 6.61 Å². The monoisotopic (exact) mass is 370 g/mol. The number of hydrogen-bond acceptors (Lipinski definition) is 3. The number of imidazole rings is 1. The molecular weight excluding hydrogens is 340 g/mol. The van der Waals surface area contributed by atoms with Gasteiger partial charge in [-0.2, -0.15) is 0 Å². The van der Waals surface area contributed by atoms with Crippen LogP contribution < -0.4 is 5.32 Å². The molecular formula is C21H30N4O2. The molecule has 6 nitrogen and oxygen atoms in total.